The number of carbonyl (C=O) groups excluding carboxylic acids is 2. The van der Waals surface area contributed by atoms with Gasteiger partial charge < -0.3 is 5.11 Å². The van der Waals surface area contributed by atoms with Gasteiger partial charge in [-0.25, -0.2) is 4.98 Å². The van der Waals surface area contributed by atoms with Crippen molar-refractivity contribution in [2.75, 3.05) is 4.90 Å². The van der Waals surface area contributed by atoms with Gasteiger partial charge in [0.25, 0.3) is 5.91 Å². The number of hydrogen-bond donors (Lipinski definition) is 1. The molecule has 0 fully saturated rings. The predicted octanol–water partition coefficient (Wildman–Crippen LogP) is 4.64. The van der Waals surface area contributed by atoms with Crippen LogP contribution in [0.25, 0.3) is 0 Å². The maximum Gasteiger partial charge on any atom is 0.260 e. The van der Waals surface area contributed by atoms with E-state index in [1.807, 2.05) is 26.0 Å². The molecule has 0 saturated heterocycles. The molecule has 0 saturated carbocycles. The molecule has 1 aliphatic heterocycles. The predicted molar refractivity (Wildman–Crippen MR) is 103 cm³/mol. The second kappa shape index (κ2) is 6.20. The molecule has 0 bridgehead atoms. The number of hydrogen-bond acceptors (Lipinski definition) is 4. The lowest BCUT2D eigenvalue weighted by molar-refractivity contribution is -0.118. The number of allylic oxidation sites excluding steroid dienone is 1. The average Bonchev–Trinajstić information content (AvgIpc) is 2.87. The van der Waals surface area contributed by atoms with Crippen LogP contribution < -0.4 is 4.90 Å². The van der Waals surface area contributed by atoms with E-state index < -0.39 is 6.04 Å². The first kappa shape index (κ1) is 17.7. The number of anilines is 1. The number of amides is 1. The van der Waals surface area contributed by atoms with Crippen LogP contribution in [0.1, 0.15) is 48.7 Å². The number of halogens is 1. The Bertz CT molecular complexity index is 979. The van der Waals surface area contributed by atoms with Gasteiger partial charge in [-0.3, -0.25) is 14.5 Å². The van der Waals surface area contributed by atoms with Gasteiger partial charge in [0.05, 0.1) is 16.6 Å². The Hall–Kier alpha value is -2.66. The molecule has 1 atom stereocenters. The lowest BCUT2D eigenvalue weighted by Crippen LogP contribution is -2.35. The van der Waals surface area contributed by atoms with Crippen LogP contribution >= 0.6 is 11.6 Å². The molecule has 2 aliphatic rings. The van der Waals surface area contributed by atoms with Gasteiger partial charge in [-0.05, 0) is 29.2 Å². The Morgan fingerprint density at radius 1 is 1.15 bits per heavy atom. The zero-order chi connectivity index (χ0) is 19.3. The molecule has 0 radical (unpaired) electrons. The third-order valence-corrected chi connectivity index (χ3v) is 5.31. The fourth-order valence-corrected chi connectivity index (χ4v) is 4.07. The van der Waals surface area contributed by atoms with E-state index in [0.29, 0.717) is 34.8 Å². The van der Waals surface area contributed by atoms with Crippen LogP contribution in [0.3, 0.4) is 0 Å². The number of aliphatic hydroxyl groups is 1. The molecular formula is C21H19ClN2O3. The molecule has 0 spiro atoms. The fourth-order valence-electron chi connectivity index (χ4n) is 3.96. The minimum atomic E-state index is -0.689. The minimum absolute atomic E-state index is 0.0460. The molecule has 1 aromatic heterocycles. The molecule has 1 unspecified atom stereocenters. The highest BCUT2D eigenvalue weighted by Crippen LogP contribution is 2.46. The third kappa shape index (κ3) is 2.92. The van der Waals surface area contributed by atoms with Crippen LogP contribution in [0, 0.1) is 5.41 Å². The SMILES string of the molecule is CC1(C)CC(=O)C(C2c3ccccc3C(=O)N2c2ccc(Cl)cn2)=C(O)C1. The quantitative estimate of drug-likeness (QED) is 0.821. The summed E-state index contributed by atoms with van der Waals surface area (Å²) < 4.78 is 0. The Morgan fingerprint density at radius 2 is 1.89 bits per heavy atom. The highest BCUT2D eigenvalue weighted by atomic mass is 35.5. The van der Waals surface area contributed by atoms with Gasteiger partial charge in [-0.1, -0.05) is 43.6 Å². The number of ketones is 1. The largest absolute Gasteiger partial charge is 0.512 e. The van der Waals surface area contributed by atoms with Crippen molar-refractivity contribution < 1.29 is 14.7 Å². The van der Waals surface area contributed by atoms with E-state index in [0.717, 1.165) is 0 Å². The molecule has 6 heteroatoms. The van der Waals surface area contributed by atoms with Crippen LogP contribution in [0.4, 0.5) is 5.82 Å². The van der Waals surface area contributed by atoms with Gasteiger partial charge >= 0.3 is 0 Å². The summed E-state index contributed by atoms with van der Waals surface area (Å²) in [5.74, 6) is 0.0498. The van der Waals surface area contributed by atoms with Crippen molar-refractivity contribution in [1.29, 1.82) is 0 Å². The summed E-state index contributed by atoms with van der Waals surface area (Å²) in [6.45, 7) is 3.90. The van der Waals surface area contributed by atoms with Crippen molar-refractivity contribution in [2.45, 2.75) is 32.7 Å². The Balaban J connectivity index is 1.91. The average molecular weight is 383 g/mol. The van der Waals surface area contributed by atoms with E-state index in [9.17, 15) is 14.7 Å². The number of aromatic nitrogens is 1. The van der Waals surface area contributed by atoms with Crippen molar-refractivity contribution in [3.63, 3.8) is 0 Å². The van der Waals surface area contributed by atoms with E-state index in [-0.39, 0.29) is 28.4 Å². The standard InChI is InChI=1S/C21H19ClN2O3/c1-21(2)9-15(25)18(16(26)10-21)19-13-5-3-4-6-14(13)20(27)24(19)17-8-7-12(22)11-23-17/h3-8,11,19,25H,9-10H2,1-2H3. The summed E-state index contributed by atoms with van der Waals surface area (Å²) >= 11 is 5.94. The van der Waals surface area contributed by atoms with Crippen LogP contribution in [-0.2, 0) is 4.79 Å². The second-order valence-electron chi connectivity index (χ2n) is 7.80. The van der Waals surface area contributed by atoms with E-state index in [2.05, 4.69) is 4.98 Å². The van der Waals surface area contributed by atoms with Gasteiger partial charge in [0.1, 0.15) is 11.6 Å². The van der Waals surface area contributed by atoms with Crippen molar-refractivity contribution in [1.82, 2.24) is 4.98 Å². The lowest BCUT2D eigenvalue weighted by atomic mass is 9.74. The van der Waals surface area contributed by atoms with Gasteiger partial charge in [-0.2, -0.15) is 0 Å². The smallest absolute Gasteiger partial charge is 0.260 e. The zero-order valence-corrected chi connectivity index (χ0v) is 15.8. The molecule has 5 nitrogen and oxygen atoms in total. The van der Waals surface area contributed by atoms with Gasteiger partial charge in [0.2, 0.25) is 0 Å². The molecule has 1 N–H and O–H groups in total. The third-order valence-electron chi connectivity index (χ3n) is 5.09. The number of nitrogens with zero attached hydrogens (tertiary/aromatic N) is 2. The molecular weight excluding hydrogens is 364 g/mol. The highest BCUT2D eigenvalue weighted by Gasteiger charge is 2.46. The molecule has 2 aromatic rings. The molecule has 138 valence electrons. The van der Waals surface area contributed by atoms with Crippen LogP contribution in [0.2, 0.25) is 5.02 Å². The van der Waals surface area contributed by atoms with Crippen molar-refractivity contribution >= 4 is 29.1 Å². The number of Topliss-reactive ketones (excluding diaryl/α,β-unsaturated/α-hetero) is 1. The molecule has 4 rings (SSSR count). The van der Waals surface area contributed by atoms with E-state index in [4.69, 9.17) is 11.6 Å². The maximum atomic E-state index is 13.1. The fraction of sp³-hybridized carbons (Fsp3) is 0.286. The Labute approximate surface area is 162 Å². The van der Waals surface area contributed by atoms with Gasteiger partial charge in [0.15, 0.2) is 5.78 Å². The first-order valence-corrected chi connectivity index (χ1v) is 9.15. The van der Waals surface area contributed by atoms with Crippen molar-refractivity contribution in [2.24, 2.45) is 5.41 Å². The number of aliphatic hydroxyl groups excluding tert-OH is 1. The maximum absolute atomic E-state index is 13.1. The molecule has 1 aliphatic carbocycles. The number of benzene rings is 1. The molecule has 2 heterocycles. The zero-order valence-electron chi connectivity index (χ0n) is 15.1. The van der Waals surface area contributed by atoms with Gasteiger partial charge in [-0.15, -0.1) is 0 Å². The van der Waals surface area contributed by atoms with Crippen LogP contribution in [0.15, 0.2) is 53.9 Å². The minimum Gasteiger partial charge on any atom is -0.512 e. The molecule has 1 amide bonds. The first-order valence-electron chi connectivity index (χ1n) is 8.78. The van der Waals surface area contributed by atoms with E-state index >= 15 is 0 Å². The molecule has 1 aromatic carbocycles. The summed E-state index contributed by atoms with van der Waals surface area (Å²) in [6, 6.07) is 9.77. The summed E-state index contributed by atoms with van der Waals surface area (Å²) in [5, 5.41) is 11.2. The topological polar surface area (TPSA) is 70.5 Å². The van der Waals surface area contributed by atoms with Crippen LogP contribution in [0.5, 0.6) is 0 Å². The Morgan fingerprint density at radius 3 is 2.56 bits per heavy atom. The van der Waals surface area contributed by atoms with E-state index in [1.165, 1.54) is 11.1 Å². The number of pyridine rings is 1. The first-order chi connectivity index (χ1) is 12.8. The van der Waals surface area contributed by atoms with Crippen LogP contribution in [-0.4, -0.2) is 21.8 Å². The normalized spacial score (nSPS) is 21.6. The van der Waals surface area contributed by atoms with Crippen molar-refractivity contribution in [3.05, 3.63) is 70.1 Å². The van der Waals surface area contributed by atoms with Gasteiger partial charge in [0, 0.05) is 24.6 Å². The summed E-state index contributed by atoms with van der Waals surface area (Å²) in [7, 11) is 0. The number of rotatable bonds is 2. The van der Waals surface area contributed by atoms with Crippen molar-refractivity contribution in [3.8, 4) is 0 Å². The Kier molecular flexibility index (Phi) is 4.07. The monoisotopic (exact) mass is 382 g/mol. The molecule has 27 heavy (non-hydrogen) atoms. The number of carbonyl (C=O) groups is 2. The number of fused-ring (bicyclic) bond motifs is 1. The highest BCUT2D eigenvalue weighted by molar-refractivity contribution is 6.30. The summed E-state index contributed by atoms with van der Waals surface area (Å²) in [5.41, 5.74) is 1.19. The van der Waals surface area contributed by atoms with E-state index in [1.54, 1.807) is 24.3 Å². The lowest BCUT2D eigenvalue weighted by Gasteiger charge is -2.34. The second-order valence-corrected chi connectivity index (χ2v) is 8.24. The summed E-state index contributed by atoms with van der Waals surface area (Å²) in [4.78, 5) is 31.8. The summed E-state index contributed by atoms with van der Waals surface area (Å²) in [6.07, 6.45) is 2.17.